The third-order valence-electron chi connectivity index (χ3n) is 2.23. The minimum absolute atomic E-state index is 0.164. The molecule has 0 radical (unpaired) electrons. The van der Waals surface area contributed by atoms with E-state index in [1.165, 1.54) is 24.2 Å². The van der Waals surface area contributed by atoms with Gasteiger partial charge in [0.25, 0.3) is 0 Å². The van der Waals surface area contributed by atoms with Crippen molar-refractivity contribution in [1.82, 2.24) is 14.5 Å². The lowest BCUT2D eigenvalue weighted by atomic mass is 10.2. The van der Waals surface area contributed by atoms with E-state index in [9.17, 15) is 0 Å². The molecule has 4 N–H and O–H groups in total. The quantitative estimate of drug-likeness (QED) is 0.511. The molecule has 0 spiro atoms. The Balaban J connectivity index is 2.21. The number of nitrogens with one attached hydrogen (secondary N) is 2. The van der Waals surface area contributed by atoms with E-state index in [1.807, 2.05) is 5.38 Å². The van der Waals surface area contributed by atoms with Crippen LogP contribution in [0.5, 0.6) is 0 Å². The average Bonchev–Trinajstić information content (AvgIpc) is 2.18. The number of nitrogen functional groups attached to an aromatic ring is 1. The first-order valence-electron chi connectivity index (χ1n) is 4.69. The summed E-state index contributed by atoms with van der Waals surface area (Å²) in [5.74, 6) is 5.59. The second-order valence-corrected chi connectivity index (χ2v) is 5.31. The highest BCUT2D eigenvalue weighted by Gasteiger charge is 2.21. The van der Waals surface area contributed by atoms with Crippen LogP contribution in [-0.4, -0.2) is 27.6 Å². The molecule has 0 aliphatic carbocycles. The van der Waals surface area contributed by atoms with Crippen molar-refractivity contribution in [1.29, 1.82) is 0 Å². The second-order valence-electron chi connectivity index (χ2n) is 3.34. The van der Waals surface area contributed by atoms with Gasteiger partial charge in [-0.25, -0.2) is 5.10 Å². The fraction of sp³-hybridized carbons (Fsp3) is 0.714. The summed E-state index contributed by atoms with van der Waals surface area (Å²) in [6.07, 6.45) is 3.85. The van der Waals surface area contributed by atoms with E-state index < -0.39 is 0 Å². The molecule has 0 amide bonds. The zero-order chi connectivity index (χ0) is 9.97. The van der Waals surface area contributed by atoms with E-state index >= 15 is 0 Å². The lowest BCUT2D eigenvalue weighted by Crippen LogP contribution is -2.30. The molecular formula is C7H15ClN5S+. The van der Waals surface area contributed by atoms with E-state index in [1.54, 1.807) is 0 Å². The molecule has 1 saturated heterocycles. The van der Waals surface area contributed by atoms with Crippen molar-refractivity contribution < 1.29 is 0 Å². The van der Waals surface area contributed by atoms with Gasteiger partial charge in [-0.15, -0.1) is 0 Å². The summed E-state index contributed by atoms with van der Waals surface area (Å²) in [7, 11) is -0.164. The van der Waals surface area contributed by atoms with Crippen LogP contribution in [0.3, 0.4) is 0 Å². The first-order chi connectivity index (χ1) is 6.75. The molecule has 1 aliphatic heterocycles. The summed E-state index contributed by atoms with van der Waals surface area (Å²) in [4.78, 5) is 1.32. The topological polar surface area (TPSA) is 65.8 Å². The average molecular weight is 237 g/mol. The minimum atomic E-state index is -0.164. The summed E-state index contributed by atoms with van der Waals surface area (Å²) in [5, 5.41) is 5.31. The molecule has 1 aliphatic rings. The van der Waals surface area contributed by atoms with Crippen LogP contribution in [0.4, 0.5) is 0 Å². The third-order valence-corrected chi connectivity index (χ3v) is 4.31. The monoisotopic (exact) mass is 236 g/mol. The van der Waals surface area contributed by atoms with Gasteiger partial charge in [-0.2, -0.15) is 0 Å². The standard InChI is InChI=1S/C7H14ClN5S/c8-7-6-14(11-13(9)10-7)12-4-2-1-3-5-12/h6,10H,1-5,9H2/p+1. The van der Waals surface area contributed by atoms with Crippen LogP contribution in [0.15, 0.2) is 5.38 Å². The molecule has 1 atom stereocenters. The van der Waals surface area contributed by atoms with Gasteiger partial charge in [0.05, 0.1) is 13.1 Å². The van der Waals surface area contributed by atoms with Gasteiger partial charge < -0.3 is 5.84 Å². The first-order valence-corrected chi connectivity index (χ1v) is 6.31. The Morgan fingerprint density at radius 2 is 2.07 bits per heavy atom. The van der Waals surface area contributed by atoms with E-state index in [0.717, 1.165) is 13.1 Å². The number of rotatable bonds is 1. The van der Waals surface area contributed by atoms with Gasteiger partial charge in [-0.3, -0.25) is 0 Å². The molecule has 7 heteroatoms. The zero-order valence-electron chi connectivity index (χ0n) is 7.87. The smallest absolute Gasteiger partial charge is 0.222 e. The number of H-pyrrole nitrogens is 2. The number of piperidine rings is 1. The lowest BCUT2D eigenvalue weighted by Gasteiger charge is -2.18. The van der Waals surface area contributed by atoms with Crippen LogP contribution in [-0.2, 0) is 0 Å². The molecule has 0 aromatic carbocycles. The van der Waals surface area contributed by atoms with Gasteiger partial charge in [0.2, 0.25) is 5.38 Å². The predicted molar refractivity (Wildman–Crippen MR) is 60.2 cm³/mol. The summed E-state index contributed by atoms with van der Waals surface area (Å²) in [6, 6.07) is 0. The van der Waals surface area contributed by atoms with Gasteiger partial charge in [0.15, 0.2) is 16.0 Å². The SMILES string of the molecule is Nn1[nH]c(Cl)c[s+](N2CCCCC2)[nH]1. The van der Waals surface area contributed by atoms with Crippen molar-refractivity contribution in [3.63, 3.8) is 0 Å². The number of hydrogen-bond acceptors (Lipinski definition) is 2. The Hall–Kier alpha value is -0.590. The van der Waals surface area contributed by atoms with E-state index in [-0.39, 0.29) is 10.9 Å². The highest BCUT2D eigenvalue weighted by Crippen LogP contribution is 2.22. The number of nitrogens with two attached hydrogens (primary N) is 1. The fourth-order valence-corrected chi connectivity index (χ4v) is 3.39. The largest absolute Gasteiger partial charge is 0.306 e. The second kappa shape index (κ2) is 4.29. The number of hydrogen-bond donors (Lipinski definition) is 3. The number of nitrogens with zero attached hydrogens (tertiary/aromatic N) is 2. The molecule has 1 aromatic heterocycles. The van der Waals surface area contributed by atoms with Gasteiger partial charge in [0, 0.05) is 0 Å². The van der Waals surface area contributed by atoms with Gasteiger partial charge in [-0.1, -0.05) is 31.7 Å². The van der Waals surface area contributed by atoms with Crippen LogP contribution in [0.1, 0.15) is 19.3 Å². The van der Waals surface area contributed by atoms with Crippen LogP contribution >= 0.6 is 22.5 Å². The zero-order valence-corrected chi connectivity index (χ0v) is 9.44. The summed E-state index contributed by atoms with van der Waals surface area (Å²) in [6.45, 7) is 2.23. The molecule has 2 rings (SSSR count). The Morgan fingerprint density at radius 3 is 2.71 bits per heavy atom. The molecule has 80 valence electrons. The molecule has 1 unspecified atom stereocenters. The predicted octanol–water partition coefficient (Wildman–Crippen LogP) is 1.51. The van der Waals surface area contributed by atoms with Gasteiger partial charge >= 0.3 is 0 Å². The van der Waals surface area contributed by atoms with Crippen LogP contribution in [0, 0.1) is 0 Å². The first kappa shape index (κ1) is 9.95. The Labute approximate surface area is 90.3 Å². The molecule has 1 fully saturated rings. The van der Waals surface area contributed by atoms with E-state index in [2.05, 4.69) is 13.9 Å². The summed E-state index contributed by atoms with van der Waals surface area (Å²) < 4.78 is 5.48. The fourth-order valence-electron chi connectivity index (χ4n) is 1.58. The molecule has 14 heavy (non-hydrogen) atoms. The molecule has 5 nitrogen and oxygen atoms in total. The minimum Gasteiger partial charge on any atom is -0.306 e. The van der Waals surface area contributed by atoms with Crippen molar-refractivity contribution in [2.45, 2.75) is 19.3 Å². The lowest BCUT2D eigenvalue weighted by molar-refractivity contribution is 0.595. The molecule has 0 saturated carbocycles. The maximum Gasteiger partial charge on any atom is 0.222 e. The van der Waals surface area contributed by atoms with E-state index in [4.69, 9.17) is 17.4 Å². The molecule has 2 heterocycles. The Morgan fingerprint density at radius 1 is 1.36 bits per heavy atom. The van der Waals surface area contributed by atoms with Crippen molar-refractivity contribution in [3.8, 4) is 0 Å². The van der Waals surface area contributed by atoms with Crippen LogP contribution in [0.25, 0.3) is 0 Å². The highest BCUT2D eigenvalue weighted by molar-refractivity contribution is 7.26. The van der Waals surface area contributed by atoms with Gasteiger partial charge in [-0.05, 0) is 12.8 Å². The third kappa shape index (κ3) is 2.26. The maximum atomic E-state index is 5.89. The van der Waals surface area contributed by atoms with Crippen molar-refractivity contribution >= 4 is 22.5 Å². The van der Waals surface area contributed by atoms with Gasteiger partial charge in [0.1, 0.15) is 0 Å². The van der Waals surface area contributed by atoms with Crippen molar-refractivity contribution in [3.05, 3.63) is 10.5 Å². The molecule has 1 aromatic rings. The van der Waals surface area contributed by atoms with Crippen LogP contribution in [0.2, 0.25) is 5.15 Å². The number of halogens is 1. The van der Waals surface area contributed by atoms with Crippen molar-refractivity contribution in [2.24, 2.45) is 0 Å². The normalized spacial score (nSPS) is 19.6. The Bertz CT molecular complexity index is 308. The Kier molecular flexibility index (Phi) is 3.05. The summed E-state index contributed by atoms with van der Waals surface area (Å²) >= 11 is 5.89. The number of aromatic amines is 2. The molecular weight excluding hydrogens is 222 g/mol. The maximum absolute atomic E-state index is 5.89. The van der Waals surface area contributed by atoms with Crippen LogP contribution < -0.4 is 10.1 Å². The van der Waals surface area contributed by atoms with Crippen molar-refractivity contribution in [2.75, 3.05) is 23.2 Å². The summed E-state index contributed by atoms with van der Waals surface area (Å²) in [5.41, 5.74) is 0. The highest BCUT2D eigenvalue weighted by atomic mass is 35.5. The van der Waals surface area contributed by atoms with E-state index in [0.29, 0.717) is 5.15 Å². The molecule has 0 bridgehead atoms. The number of aromatic nitrogens is 3.